The predicted octanol–water partition coefficient (Wildman–Crippen LogP) is 7.54. The first-order valence-corrected chi connectivity index (χ1v) is 13.1. The zero-order valence-corrected chi connectivity index (χ0v) is 23.7. The number of amides is 3. The van der Waals surface area contributed by atoms with Crippen molar-refractivity contribution in [1.29, 1.82) is 0 Å². The number of hydrogen-bond acceptors (Lipinski definition) is 4. The fraction of sp³-hybridized carbons (Fsp3) is 0.241. The van der Waals surface area contributed by atoms with E-state index in [1.165, 1.54) is 41.0 Å². The molecule has 4 aromatic rings. The lowest BCUT2D eigenvalue weighted by Gasteiger charge is -2.38. The Morgan fingerprint density at radius 1 is 1.00 bits per heavy atom. The van der Waals surface area contributed by atoms with Crippen molar-refractivity contribution in [3.63, 3.8) is 0 Å². The monoisotopic (exact) mass is 601 g/mol. The number of halogens is 4. The van der Waals surface area contributed by atoms with Gasteiger partial charge in [-0.25, -0.2) is 14.6 Å². The van der Waals surface area contributed by atoms with E-state index in [2.05, 4.69) is 15.6 Å². The van der Waals surface area contributed by atoms with Crippen LogP contribution in [-0.2, 0) is 6.18 Å². The van der Waals surface area contributed by atoms with Gasteiger partial charge in [-0.2, -0.15) is 13.2 Å². The maximum Gasteiger partial charge on any atom is 0.418 e. The van der Waals surface area contributed by atoms with Crippen LogP contribution in [0.2, 0.25) is 5.02 Å². The van der Waals surface area contributed by atoms with Crippen LogP contribution in [-0.4, -0.2) is 37.2 Å². The molecule has 0 fully saturated rings. The van der Waals surface area contributed by atoms with Crippen LogP contribution in [0.5, 0.6) is 0 Å². The van der Waals surface area contributed by atoms with E-state index >= 15 is 0 Å². The van der Waals surface area contributed by atoms with Gasteiger partial charge in [0.1, 0.15) is 5.82 Å². The molecule has 0 saturated carbocycles. The highest BCUT2D eigenvalue weighted by molar-refractivity contribution is 6.35. The molecule has 0 aliphatic heterocycles. The smallest absolute Gasteiger partial charge is 0.418 e. The first-order chi connectivity index (χ1) is 19.6. The average Bonchev–Trinajstić information content (AvgIpc) is 2.87. The van der Waals surface area contributed by atoms with Crippen molar-refractivity contribution in [3.8, 4) is 5.69 Å². The molecule has 4 rings (SSSR count). The molecule has 3 aromatic carbocycles. The molecule has 3 amide bonds. The zero-order chi connectivity index (χ0) is 31.0. The van der Waals surface area contributed by atoms with Gasteiger partial charge in [0, 0.05) is 11.2 Å². The van der Waals surface area contributed by atoms with E-state index in [1.54, 1.807) is 45.9 Å². The van der Waals surface area contributed by atoms with Crippen LogP contribution in [0.1, 0.15) is 45.1 Å². The number of nitrogens with one attached hydrogen (secondary N) is 2. The molecule has 9 nitrogen and oxygen atoms in total. The minimum absolute atomic E-state index is 0.0906. The first-order valence-electron chi connectivity index (χ1n) is 12.7. The second kappa shape index (κ2) is 11.4. The Labute approximate surface area is 243 Å². The summed E-state index contributed by atoms with van der Waals surface area (Å²) in [5.74, 6) is 0.0906. The van der Waals surface area contributed by atoms with Gasteiger partial charge in [0.25, 0.3) is 5.56 Å². The molecule has 42 heavy (non-hydrogen) atoms. The Morgan fingerprint density at radius 3 is 2.31 bits per heavy atom. The van der Waals surface area contributed by atoms with Crippen molar-refractivity contribution in [2.75, 3.05) is 10.6 Å². The van der Waals surface area contributed by atoms with Crippen molar-refractivity contribution in [1.82, 2.24) is 14.5 Å². The second-order valence-electron chi connectivity index (χ2n) is 10.4. The topological polar surface area (TPSA) is 117 Å². The van der Waals surface area contributed by atoms with E-state index < -0.39 is 46.7 Å². The Bertz CT molecular complexity index is 1730. The van der Waals surface area contributed by atoms with Crippen molar-refractivity contribution < 1.29 is 27.9 Å². The number of para-hydroxylation sites is 1. The third-order valence-electron chi connectivity index (χ3n) is 6.41. The van der Waals surface area contributed by atoms with Crippen LogP contribution in [0.25, 0.3) is 16.6 Å². The largest absolute Gasteiger partial charge is 0.465 e. The second-order valence-corrected chi connectivity index (χ2v) is 10.8. The van der Waals surface area contributed by atoms with Crippen molar-refractivity contribution in [3.05, 3.63) is 93.5 Å². The van der Waals surface area contributed by atoms with Gasteiger partial charge < -0.3 is 15.7 Å². The van der Waals surface area contributed by atoms with Gasteiger partial charge >= 0.3 is 18.3 Å². The Hall–Kier alpha value is -4.58. The summed E-state index contributed by atoms with van der Waals surface area (Å²) in [5.41, 5.74) is -2.27. The van der Waals surface area contributed by atoms with E-state index in [-0.39, 0.29) is 33.1 Å². The van der Waals surface area contributed by atoms with Gasteiger partial charge in [-0.3, -0.25) is 14.3 Å². The van der Waals surface area contributed by atoms with E-state index in [0.29, 0.717) is 0 Å². The summed E-state index contributed by atoms with van der Waals surface area (Å²) in [4.78, 5) is 44.7. The van der Waals surface area contributed by atoms with Gasteiger partial charge in [0.2, 0.25) is 0 Å². The zero-order valence-electron chi connectivity index (χ0n) is 23.0. The number of urea groups is 1. The van der Waals surface area contributed by atoms with Crippen LogP contribution in [0.4, 0.5) is 34.1 Å². The summed E-state index contributed by atoms with van der Waals surface area (Å²) in [6.45, 7) is 6.72. The highest BCUT2D eigenvalue weighted by Gasteiger charge is 2.35. The lowest BCUT2D eigenvalue weighted by molar-refractivity contribution is -0.136. The van der Waals surface area contributed by atoms with E-state index in [1.807, 2.05) is 0 Å². The maximum atomic E-state index is 13.9. The molecule has 0 radical (unpaired) electrons. The van der Waals surface area contributed by atoms with E-state index in [4.69, 9.17) is 11.6 Å². The lowest BCUT2D eigenvalue weighted by Crippen LogP contribution is -2.47. The third-order valence-corrected chi connectivity index (χ3v) is 6.72. The van der Waals surface area contributed by atoms with Crippen molar-refractivity contribution in [2.45, 2.75) is 45.5 Å². The number of rotatable bonds is 5. The first kappa shape index (κ1) is 30.4. The number of alkyl halides is 3. The van der Waals surface area contributed by atoms with E-state index in [0.717, 1.165) is 17.0 Å². The predicted molar refractivity (Wildman–Crippen MR) is 154 cm³/mol. The molecule has 1 unspecified atom stereocenters. The standard InChI is InChI=1S/C29H27ClF3N5O4/c1-16(38(27(41)42)28(2,3)4)24-35-22-14-8-12-20(30)23(22)25(39)37(24)18-10-7-9-17(15-18)34-26(40)36-21-13-6-5-11-19(21)29(31,32)33/h5-16H,1-4H3,(H,41,42)(H2,34,36,40). The summed E-state index contributed by atoms with van der Waals surface area (Å²) >= 11 is 6.36. The Balaban J connectivity index is 1.80. The normalized spacial score (nSPS) is 12.6. The van der Waals surface area contributed by atoms with Crippen molar-refractivity contribution in [2.24, 2.45) is 0 Å². The number of anilines is 2. The Morgan fingerprint density at radius 2 is 1.67 bits per heavy atom. The summed E-state index contributed by atoms with van der Waals surface area (Å²) < 4.78 is 41.3. The van der Waals surface area contributed by atoms with Gasteiger partial charge in [0.15, 0.2) is 0 Å². The van der Waals surface area contributed by atoms with Crippen LogP contribution in [0.15, 0.2) is 71.5 Å². The number of hydrogen-bond donors (Lipinski definition) is 3. The fourth-order valence-corrected chi connectivity index (χ4v) is 4.98. The number of nitrogens with zero attached hydrogens (tertiary/aromatic N) is 3. The molecule has 0 aliphatic rings. The fourth-order valence-electron chi connectivity index (χ4n) is 4.73. The van der Waals surface area contributed by atoms with Crippen LogP contribution >= 0.6 is 11.6 Å². The minimum Gasteiger partial charge on any atom is -0.465 e. The molecule has 0 aliphatic carbocycles. The minimum atomic E-state index is -4.68. The molecular weight excluding hydrogens is 575 g/mol. The summed E-state index contributed by atoms with van der Waals surface area (Å²) in [6, 6.07) is 13.4. The molecule has 1 heterocycles. The molecule has 1 aromatic heterocycles. The van der Waals surface area contributed by atoms with Crippen LogP contribution in [0.3, 0.4) is 0 Å². The number of carbonyl (C=O) groups excluding carboxylic acids is 1. The summed E-state index contributed by atoms with van der Waals surface area (Å²) in [6.07, 6.45) is -5.91. The highest BCUT2D eigenvalue weighted by Crippen LogP contribution is 2.35. The number of fused-ring (bicyclic) bond motifs is 1. The number of benzene rings is 3. The highest BCUT2D eigenvalue weighted by atomic mass is 35.5. The molecule has 0 bridgehead atoms. The third kappa shape index (κ3) is 6.18. The molecule has 1 atom stereocenters. The van der Waals surface area contributed by atoms with Gasteiger partial charge in [-0.1, -0.05) is 35.9 Å². The Kier molecular flexibility index (Phi) is 8.22. The summed E-state index contributed by atoms with van der Waals surface area (Å²) in [5, 5.41) is 15.0. The number of carbonyl (C=O) groups is 2. The molecular formula is C29H27ClF3N5O4. The maximum absolute atomic E-state index is 13.9. The van der Waals surface area contributed by atoms with Crippen LogP contribution in [0, 0.1) is 0 Å². The quantitative estimate of drug-likeness (QED) is 0.218. The van der Waals surface area contributed by atoms with Crippen LogP contribution < -0.4 is 16.2 Å². The van der Waals surface area contributed by atoms with Gasteiger partial charge in [-0.05, 0) is 70.2 Å². The molecule has 0 spiro atoms. The lowest BCUT2D eigenvalue weighted by atomic mass is 10.0. The molecule has 0 saturated heterocycles. The van der Waals surface area contributed by atoms with Crippen molar-refractivity contribution >= 4 is 46.0 Å². The van der Waals surface area contributed by atoms with Gasteiger partial charge in [-0.15, -0.1) is 0 Å². The average molecular weight is 602 g/mol. The molecule has 13 heteroatoms. The summed E-state index contributed by atoms with van der Waals surface area (Å²) in [7, 11) is 0. The molecule has 3 N–H and O–H groups in total. The number of carboxylic acid groups (broad SMARTS) is 1. The molecule has 220 valence electrons. The number of aromatic nitrogens is 2. The van der Waals surface area contributed by atoms with E-state index in [9.17, 15) is 32.7 Å². The van der Waals surface area contributed by atoms with Gasteiger partial charge in [0.05, 0.1) is 38.9 Å². The SMILES string of the molecule is CC(c1nc2cccc(Cl)c2c(=O)n1-c1cccc(NC(=O)Nc2ccccc2C(F)(F)F)c1)N(C(=O)O)C(C)(C)C.